The van der Waals surface area contributed by atoms with Crippen molar-refractivity contribution in [1.82, 2.24) is 0 Å². The van der Waals surface area contributed by atoms with Crippen molar-refractivity contribution in [2.75, 3.05) is 0 Å². The number of hydrogen-bond acceptors (Lipinski definition) is 2. The Morgan fingerprint density at radius 3 is 0.794 bits per heavy atom. The van der Waals surface area contributed by atoms with Gasteiger partial charge < -0.3 is 8.83 Å². The normalized spacial score (nSPS) is 12.1. The first-order valence-corrected chi connectivity index (χ1v) is 23.4. The van der Waals surface area contributed by atoms with Gasteiger partial charge in [0.25, 0.3) is 0 Å². The van der Waals surface area contributed by atoms with Gasteiger partial charge in [-0.1, -0.05) is 176 Å². The lowest BCUT2D eigenvalue weighted by molar-refractivity contribution is 0.669. The molecule has 0 aliphatic heterocycles. The highest BCUT2D eigenvalue weighted by atomic mass is 16.3. The van der Waals surface area contributed by atoms with Crippen LogP contribution in [-0.4, -0.2) is 0 Å². The van der Waals surface area contributed by atoms with Gasteiger partial charge in [-0.25, -0.2) is 0 Å². The molecular formula is C66H38O2. The van der Waals surface area contributed by atoms with Crippen molar-refractivity contribution in [3.05, 3.63) is 231 Å². The van der Waals surface area contributed by atoms with E-state index < -0.39 is 0 Å². The van der Waals surface area contributed by atoms with Crippen LogP contribution in [-0.2, 0) is 0 Å². The van der Waals surface area contributed by atoms with E-state index in [1.165, 1.54) is 109 Å². The molecule has 13 aromatic carbocycles. The quantitative estimate of drug-likeness (QED) is 0.165. The molecule has 2 heteroatoms. The molecule has 0 aliphatic rings. The van der Waals surface area contributed by atoms with Gasteiger partial charge in [0.15, 0.2) is 0 Å². The Morgan fingerprint density at radius 2 is 0.456 bits per heavy atom. The Balaban J connectivity index is 0.926. The minimum Gasteiger partial charge on any atom is -0.456 e. The summed E-state index contributed by atoms with van der Waals surface area (Å²) >= 11 is 0. The molecule has 0 fully saturated rings. The van der Waals surface area contributed by atoms with E-state index in [9.17, 15) is 0 Å². The first-order valence-electron chi connectivity index (χ1n) is 23.4. The van der Waals surface area contributed by atoms with E-state index in [0.29, 0.717) is 0 Å². The van der Waals surface area contributed by atoms with Gasteiger partial charge in [-0.2, -0.15) is 0 Å². The summed E-state index contributed by atoms with van der Waals surface area (Å²) in [6.45, 7) is 0. The van der Waals surface area contributed by atoms with E-state index in [2.05, 4.69) is 231 Å². The molecule has 314 valence electrons. The standard InChI is InChI=1S/C66H38O2/c1-3-16-41-37-61-57(33-39(41)14-1)55-35-45(28-30-59(55)67-61)65-51-24-9-5-20-47(51)63(48-21-6-10-25-52(48)65)43-18-13-19-44(32-43)64-49-22-7-11-26-53(49)66(54-27-12-8-23-50(54)64)46-29-31-60-56(36-46)58-34-40-15-2-4-17-42(40)38-62(58)68-60/h1-38H. The van der Waals surface area contributed by atoms with Gasteiger partial charge >= 0.3 is 0 Å². The molecule has 2 nitrogen and oxygen atoms in total. The Labute approximate surface area is 390 Å². The fourth-order valence-corrected chi connectivity index (χ4v) is 11.6. The predicted octanol–water partition coefficient (Wildman–Crippen LogP) is 19.1. The Morgan fingerprint density at radius 1 is 0.176 bits per heavy atom. The molecule has 0 unspecified atom stereocenters. The van der Waals surface area contributed by atoms with Crippen molar-refractivity contribution in [3.8, 4) is 44.5 Å². The van der Waals surface area contributed by atoms with Crippen LogP contribution in [0.4, 0.5) is 0 Å². The summed E-state index contributed by atoms with van der Waals surface area (Å²) in [6, 6.07) is 84.4. The lowest BCUT2D eigenvalue weighted by Gasteiger charge is -2.20. The molecule has 0 saturated carbocycles. The monoisotopic (exact) mass is 862 g/mol. The average molecular weight is 863 g/mol. The van der Waals surface area contributed by atoms with E-state index in [4.69, 9.17) is 8.83 Å². The zero-order valence-electron chi connectivity index (χ0n) is 36.8. The van der Waals surface area contributed by atoms with Crippen molar-refractivity contribution in [2.24, 2.45) is 0 Å². The highest BCUT2D eigenvalue weighted by Gasteiger charge is 2.21. The minimum atomic E-state index is 0.899. The summed E-state index contributed by atoms with van der Waals surface area (Å²) in [5.74, 6) is 0. The van der Waals surface area contributed by atoms with Crippen LogP contribution in [0.3, 0.4) is 0 Å². The molecule has 15 aromatic rings. The van der Waals surface area contributed by atoms with Gasteiger partial charge in [-0.3, -0.25) is 0 Å². The van der Waals surface area contributed by atoms with Crippen molar-refractivity contribution in [1.29, 1.82) is 0 Å². The van der Waals surface area contributed by atoms with Crippen LogP contribution in [0.2, 0.25) is 0 Å². The second-order valence-corrected chi connectivity index (χ2v) is 18.3. The Hall–Kier alpha value is -8.98. The summed E-state index contributed by atoms with van der Waals surface area (Å²) in [7, 11) is 0. The van der Waals surface area contributed by atoms with Gasteiger partial charge in [-0.15, -0.1) is 0 Å². The zero-order chi connectivity index (χ0) is 44.5. The third-order valence-electron chi connectivity index (χ3n) is 14.6. The third kappa shape index (κ3) is 5.46. The van der Waals surface area contributed by atoms with Gasteiger partial charge in [0.05, 0.1) is 0 Å². The molecule has 0 N–H and O–H groups in total. The van der Waals surface area contributed by atoms with Crippen LogP contribution in [0.5, 0.6) is 0 Å². The van der Waals surface area contributed by atoms with Gasteiger partial charge in [0.1, 0.15) is 22.3 Å². The van der Waals surface area contributed by atoms with Crippen LogP contribution < -0.4 is 0 Å². The van der Waals surface area contributed by atoms with Crippen molar-refractivity contribution in [2.45, 2.75) is 0 Å². The van der Waals surface area contributed by atoms with Crippen LogP contribution in [0, 0.1) is 0 Å². The second-order valence-electron chi connectivity index (χ2n) is 18.3. The largest absolute Gasteiger partial charge is 0.456 e. The van der Waals surface area contributed by atoms with Crippen molar-refractivity contribution < 1.29 is 8.83 Å². The minimum absolute atomic E-state index is 0.899. The van der Waals surface area contributed by atoms with Crippen LogP contribution >= 0.6 is 0 Å². The number of furan rings is 2. The predicted molar refractivity (Wildman–Crippen MR) is 288 cm³/mol. The average Bonchev–Trinajstić information content (AvgIpc) is 3.94. The number of fused-ring (bicyclic) bond motifs is 12. The molecule has 0 radical (unpaired) electrons. The van der Waals surface area contributed by atoms with E-state index in [-0.39, 0.29) is 0 Å². The van der Waals surface area contributed by atoms with Crippen LogP contribution in [0.25, 0.3) is 153 Å². The lowest BCUT2D eigenvalue weighted by Crippen LogP contribution is -1.93. The third-order valence-corrected chi connectivity index (χ3v) is 14.6. The topological polar surface area (TPSA) is 26.3 Å². The molecular weight excluding hydrogens is 825 g/mol. The second kappa shape index (κ2) is 14.3. The zero-order valence-corrected chi connectivity index (χ0v) is 36.8. The first kappa shape index (κ1) is 37.3. The molecule has 2 aromatic heterocycles. The van der Waals surface area contributed by atoms with Gasteiger partial charge in [-0.05, 0) is 164 Å². The van der Waals surface area contributed by atoms with Gasteiger partial charge in [0, 0.05) is 21.5 Å². The molecule has 0 spiro atoms. The smallest absolute Gasteiger partial charge is 0.136 e. The summed E-state index contributed by atoms with van der Waals surface area (Å²) in [5.41, 5.74) is 13.3. The molecule has 15 rings (SSSR count). The van der Waals surface area contributed by atoms with Crippen molar-refractivity contribution >= 4 is 109 Å². The molecule has 68 heavy (non-hydrogen) atoms. The Bertz CT molecular complexity index is 4220. The molecule has 2 heterocycles. The Kier molecular flexibility index (Phi) is 7.81. The first-order chi connectivity index (χ1) is 33.7. The summed E-state index contributed by atoms with van der Waals surface area (Å²) in [4.78, 5) is 0. The molecule has 0 saturated heterocycles. The summed E-state index contributed by atoms with van der Waals surface area (Å²) in [6.07, 6.45) is 0. The SMILES string of the molecule is c1cc(-c2c3ccccc3c(-c3ccc4oc5cc6ccccc6cc5c4c3)c3ccccc23)cc(-c2c3ccccc3c(-c3ccc4oc5cc6ccccc6cc5c4c3)c3ccccc23)c1. The maximum absolute atomic E-state index is 6.47. The van der Waals surface area contributed by atoms with E-state index >= 15 is 0 Å². The molecule has 0 amide bonds. The van der Waals surface area contributed by atoms with E-state index in [0.717, 1.165) is 43.9 Å². The number of benzene rings is 13. The van der Waals surface area contributed by atoms with Gasteiger partial charge in [0.2, 0.25) is 0 Å². The van der Waals surface area contributed by atoms with E-state index in [1.807, 2.05) is 0 Å². The van der Waals surface area contributed by atoms with Crippen LogP contribution in [0.1, 0.15) is 0 Å². The number of hydrogen-bond donors (Lipinski definition) is 0. The molecule has 0 bridgehead atoms. The number of rotatable bonds is 4. The molecule has 0 atom stereocenters. The highest BCUT2D eigenvalue weighted by molar-refractivity contribution is 6.25. The lowest BCUT2D eigenvalue weighted by atomic mass is 9.83. The summed E-state index contributed by atoms with van der Waals surface area (Å²) in [5, 5.41) is 19.1. The fraction of sp³-hybridized carbons (Fsp3) is 0. The maximum Gasteiger partial charge on any atom is 0.136 e. The van der Waals surface area contributed by atoms with E-state index in [1.54, 1.807) is 0 Å². The maximum atomic E-state index is 6.47. The summed E-state index contributed by atoms with van der Waals surface area (Å²) < 4.78 is 12.9. The van der Waals surface area contributed by atoms with Crippen LogP contribution in [0.15, 0.2) is 239 Å². The van der Waals surface area contributed by atoms with Crippen molar-refractivity contribution in [3.63, 3.8) is 0 Å². The fourth-order valence-electron chi connectivity index (χ4n) is 11.6. The highest BCUT2D eigenvalue weighted by Crippen LogP contribution is 2.48. The molecule has 0 aliphatic carbocycles.